The smallest absolute Gasteiger partial charge is 0.0391 e. The van der Waals surface area contributed by atoms with Crippen molar-refractivity contribution in [3.63, 3.8) is 0 Å². The highest BCUT2D eigenvalue weighted by Crippen LogP contribution is 2.39. The van der Waals surface area contributed by atoms with Gasteiger partial charge in [0.25, 0.3) is 0 Å². The number of rotatable bonds is 5. The summed E-state index contributed by atoms with van der Waals surface area (Å²) in [6.07, 6.45) is 0. The van der Waals surface area contributed by atoms with Gasteiger partial charge in [-0.1, -0.05) is 74.5 Å². The van der Waals surface area contributed by atoms with E-state index in [1.807, 2.05) is 0 Å². The Hall–Kier alpha value is -1.64. The summed E-state index contributed by atoms with van der Waals surface area (Å²) in [5.74, 6) is 1.13. The summed E-state index contributed by atoms with van der Waals surface area (Å²) in [6.45, 7) is 6.64. The molecule has 1 aliphatic rings. The molecule has 1 heterocycles. The fourth-order valence-electron chi connectivity index (χ4n) is 3.50. The second-order valence-electron chi connectivity index (χ2n) is 5.93. The van der Waals surface area contributed by atoms with E-state index >= 15 is 0 Å². The van der Waals surface area contributed by atoms with Crippen LogP contribution in [0.25, 0.3) is 0 Å². The van der Waals surface area contributed by atoms with Gasteiger partial charge in [-0.2, -0.15) is 0 Å². The van der Waals surface area contributed by atoms with Gasteiger partial charge < -0.3 is 0 Å². The van der Waals surface area contributed by atoms with Crippen LogP contribution >= 0.6 is 0 Å². The summed E-state index contributed by atoms with van der Waals surface area (Å²) in [7, 11) is 0. The van der Waals surface area contributed by atoms with Crippen molar-refractivity contribution < 1.29 is 0 Å². The highest BCUT2D eigenvalue weighted by molar-refractivity contribution is 5.35. The molecule has 2 unspecified atom stereocenters. The van der Waals surface area contributed by atoms with Crippen LogP contribution in [0.15, 0.2) is 60.7 Å². The topological polar surface area (TPSA) is 15.3 Å². The van der Waals surface area contributed by atoms with Gasteiger partial charge >= 0.3 is 0 Å². The first-order chi connectivity index (χ1) is 10.3. The van der Waals surface area contributed by atoms with Crippen LogP contribution in [0, 0.1) is 5.92 Å². The van der Waals surface area contributed by atoms with E-state index < -0.39 is 0 Å². The maximum Gasteiger partial charge on any atom is 0.0391 e. The molecule has 2 aromatic carbocycles. The van der Waals surface area contributed by atoms with Gasteiger partial charge in [0.1, 0.15) is 0 Å². The van der Waals surface area contributed by atoms with Crippen LogP contribution in [0.1, 0.15) is 30.9 Å². The predicted octanol–water partition coefficient (Wildman–Crippen LogP) is 3.66. The second kappa shape index (κ2) is 6.42. The Bertz CT molecular complexity index is 511. The third-order valence-corrected chi connectivity index (χ3v) is 4.45. The molecule has 0 aromatic heterocycles. The zero-order valence-electron chi connectivity index (χ0n) is 12.9. The molecule has 0 saturated carbocycles. The van der Waals surface area contributed by atoms with Crippen molar-refractivity contribution in [3.05, 3.63) is 71.8 Å². The molecule has 0 radical (unpaired) electrons. The maximum atomic E-state index is 3.52. The van der Waals surface area contributed by atoms with Crippen molar-refractivity contribution in [2.75, 3.05) is 13.1 Å². The lowest BCUT2D eigenvalue weighted by atomic mass is 9.75. The zero-order chi connectivity index (χ0) is 14.7. The number of hydrazine groups is 1. The quantitative estimate of drug-likeness (QED) is 0.899. The number of hydrogen-bond acceptors (Lipinski definition) is 2. The molecule has 110 valence electrons. The zero-order valence-corrected chi connectivity index (χ0v) is 12.9. The van der Waals surface area contributed by atoms with E-state index in [2.05, 4.69) is 84.9 Å². The second-order valence-corrected chi connectivity index (χ2v) is 5.93. The van der Waals surface area contributed by atoms with Gasteiger partial charge in [-0.3, -0.25) is 5.43 Å². The lowest BCUT2D eigenvalue weighted by Gasteiger charge is -2.50. The highest BCUT2D eigenvalue weighted by atomic mass is 15.6. The van der Waals surface area contributed by atoms with Crippen LogP contribution in [0.4, 0.5) is 0 Å². The largest absolute Gasteiger partial charge is 0.255 e. The van der Waals surface area contributed by atoms with Gasteiger partial charge in [0.15, 0.2) is 0 Å². The summed E-state index contributed by atoms with van der Waals surface area (Å²) in [4.78, 5) is 0. The molecule has 0 bridgehead atoms. The van der Waals surface area contributed by atoms with Crippen molar-refractivity contribution in [3.8, 4) is 0 Å². The summed E-state index contributed by atoms with van der Waals surface area (Å²) in [6, 6.07) is 22.3. The van der Waals surface area contributed by atoms with E-state index in [9.17, 15) is 0 Å². The number of nitrogens with one attached hydrogen (secondary N) is 1. The van der Waals surface area contributed by atoms with Crippen molar-refractivity contribution in [2.45, 2.75) is 25.8 Å². The molecule has 1 fully saturated rings. The SMILES string of the molecule is CCNN1CC(C)C1C(c1ccccc1)c1ccccc1. The lowest BCUT2D eigenvalue weighted by Crippen LogP contribution is -2.63. The van der Waals surface area contributed by atoms with E-state index in [0.717, 1.165) is 13.1 Å². The minimum Gasteiger partial charge on any atom is -0.255 e. The fourth-order valence-corrected chi connectivity index (χ4v) is 3.50. The Morgan fingerprint density at radius 2 is 1.52 bits per heavy atom. The van der Waals surface area contributed by atoms with E-state index in [1.54, 1.807) is 0 Å². The van der Waals surface area contributed by atoms with Crippen molar-refractivity contribution >= 4 is 0 Å². The molecular weight excluding hydrogens is 256 g/mol. The summed E-state index contributed by atoms with van der Waals surface area (Å²) >= 11 is 0. The Kier molecular flexibility index (Phi) is 4.37. The molecule has 2 atom stereocenters. The van der Waals surface area contributed by atoms with Gasteiger partial charge in [-0.25, -0.2) is 5.01 Å². The monoisotopic (exact) mass is 280 g/mol. The molecule has 2 aromatic rings. The van der Waals surface area contributed by atoms with Crippen LogP contribution in [0.3, 0.4) is 0 Å². The molecule has 0 amide bonds. The summed E-state index contributed by atoms with van der Waals surface area (Å²) < 4.78 is 0. The standard InChI is InChI=1S/C19H24N2/c1-3-20-21-14-15(2)19(21)18(16-10-6-4-7-11-16)17-12-8-5-9-13-17/h4-13,15,18-20H,3,14H2,1-2H3. The molecule has 2 heteroatoms. The van der Waals surface area contributed by atoms with Crippen molar-refractivity contribution in [1.82, 2.24) is 10.4 Å². The Balaban J connectivity index is 1.97. The molecule has 0 aliphatic carbocycles. The average molecular weight is 280 g/mol. The molecule has 0 spiro atoms. The van der Waals surface area contributed by atoms with Crippen LogP contribution < -0.4 is 5.43 Å². The lowest BCUT2D eigenvalue weighted by molar-refractivity contribution is -0.0301. The summed E-state index contributed by atoms with van der Waals surface area (Å²) in [5.41, 5.74) is 6.33. The van der Waals surface area contributed by atoms with Crippen molar-refractivity contribution in [2.24, 2.45) is 5.92 Å². The minimum atomic E-state index is 0.426. The first-order valence-electron chi connectivity index (χ1n) is 7.91. The Morgan fingerprint density at radius 1 is 1.00 bits per heavy atom. The molecule has 1 N–H and O–H groups in total. The van der Waals surface area contributed by atoms with Crippen LogP contribution in [-0.2, 0) is 0 Å². The molecule has 1 aliphatic heterocycles. The van der Waals surface area contributed by atoms with E-state index in [-0.39, 0.29) is 0 Å². The Morgan fingerprint density at radius 3 is 1.95 bits per heavy atom. The predicted molar refractivity (Wildman–Crippen MR) is 88.1 cm³/mol. The van der Waals surface area contributed by atoms with Crippen molar-refractivity contribution in [1.29, 1.82) is 0 Å². The van der Waals surface area contributed by atoms with Gasteiger partial charge in [0.05, 0.1) is 0 Å². The molecule has 3 rings (SSSR count). The first kappa shape index (κ1) is 14.3. The van der Waals surface area contributed by atoms with Gasteiger partial charge in [-0.05, 0) is 17.0 Å². The van der Waals surface area contributed by atoms with Gasteiger partial charge in [-0.15, -0.1) is 0 Å². The van der Waals surface area contributed by atoms with E-state index in [0.29, 0.717) is 17.9 Å². The Labute approximate surface area is 127 Å². The minimum absolute atomic E-state index is 0.426. The van der Waals surface area contributed by atoms with Crippen LogP contribution in [0.2, 0.25) is 0 Å². The molecular formula is C19H24N2. The average Bonchev–Trinajstić information content (AvgIpc) is 2.54. The fraction of sp³-hybridized carbons (Fsp3) is 0.368. The van der Waals surface area contributed by atoms with E-state index in [1.165, 1.54) is 11.1 Å². The number of benzene rings is 2. The molecule has 21 heavy (non-hydrogen) atoms. The molecule has 1 saturated heterocycles. The number of hydrogen-bond donors (Lipinski definition) is 1. The van der Waals surface area contributed by atoms with Crippen LogP contribution in [-0.4, -0.2) is 24.1 Å². The number of nitrogens with zero attached hydrogens (tertiary/aromatic N) is 1. The normalized spacial score (nSPS) is 22.2. The third kappa shape index (κ3) is 2.87. The van der Waals surface area contributed by atoms with Crippen LogP contribution in [0.5, 0.6) is 0 Å². The maximum absolute atomic E-state index is 3.52. The van der Waals surface area contributed by atoms with E-state index in [4.69, 9.17) is 0 Å². The first-order valence-corrected chi connectivity index (χ1v) is 7.91. The highest BCUT2D eigenvalue weighted by Gasteiger charge is 2.42. The third-order valence-electron chi connectivity index (χ3n) is 4.45. The van der Waals surface area contributed by atoms with Gasteiger partial charge in [0, 0.05) is 25.0 Å². The summed E-state index contributed by atoms with van der Waals surface area (Å²) in [5, 5.41) is 2.41. The van der Waals surface area contributed by atoms with Gasteiger partial charge in [0.2, 0.25) is 0 Å². The molecule has 2 nitrogen and oxygen atoms in total.